The molecule has 1 atom stereocenters. The third-order valence-electron chi connectivity index (χ3n) is 6.40. The average molecular weight is 488 g/mol. The van der Waals surface area contributed by atoms with Crippen LogP contribution < -0.4 is 10.8 Å². The molecule has 0 saturated carbocycles. The zero-order chi connectivity index (χ0) is 25.7. The molecule has 36 heavy (non-hydrogen) atoms. The molecule has 0 bridgehead atoms. The molecule has 8 nitrogen and oxygen atoms in total. The summed E-state index contributed by atoms with van der Waals surface area (Å²) in [6.45, 7) is 3.07. The van der Waals surface area contributed by atoms with Crippen LogP contribution in [0.3, 0.4) is 0 Å². The van der Waals surface area contributed by atoms with Crippen molar-refractivity contribution >= 4 is 23.4 Å². The van der Waals surface area contributed by atoms with Gasteiger partial charge in [0.1, 0.15) is 0 Å². The number of rotatable bonds is 6. The number of nitrogens with one attached hydrogen (secondary N) is 2. The molecule has 0 aromatic heterocycles. The summed E-state index contributed by atoms with van der Waals surface area (Å²) >= 11 is 0. The van der Waals surface area contributed by atoms with E-state index in [0.29, 0.717) is 35.5 Å². The van der Waals surface area contributed by atoms with Crippen molar-refractivity contribution in [2.24, 2.45) is 5.92 Å². The van der Waals surface area contributed by atoms with Crippen molar-refractivity contribution in [3.63, 3.8) is 0 Å². The van der Waals surface area contributed by atoms with Crippen LogP contribution in [0.15, 0.2) is 66.7 Å². The number of aliphatic hydroxyl groups is 1. The van der Waals surface area contributed by atoms with Gasteiger partial charge in [-0.3, -0.25) is 19.6 Å². The van der Waals surface area contributed by atoms with Crippen molar-refractivity contribution in [2.45, 2.75) is 19.8 Å². The predicted molar refractivity (Wildman–Crippen MR) is 136 cm³/mol. The van der Waals surface area contributed by atoms with Crippen molar-refractivity contribution < 1.29 is 24.7 Å². The lowest BCUT2D eigenvalue weighted by Gasteiger charge is -2.32. The quantitative estimate of drug-likeness (QED) is 0.311. The van der Waals surface area contributed by atoms with E-state index in [-0.39, 0.29) is 29.9 Å². The highest BCUT2D eigenvalue weighted by Crippen LogP contribution is 2.28. The van der Waals surface area contributed by atoms with Crippen LogP contribution in [0.1, 0.15) is 49.5 Å². The van der Waals surface area contributed by atoms with E-state index in [1.54, 1.807) is 65.0 Å². The van der Waals surface area contributed by atoms with Gasteiger partial charge in [-0.2, -0.15) is 0 Å². The van der Waals surface area contributed by atoms with Gasteiger partial charge in [-0.25, -0.2) is 5.48 Å². The number of carbonyl (C=O) groups excluding carboxylic acids is 3. The van der Waals surface area contributed by atoms with Gasteiger partial charge in [-0.1, -0.05) is 29.8 Å². The first-order valence-corrected chi connectivity index (χ1v) is 11.9. The highest BCUT2D eigenvalue weighted by Gasteiger charge is 2.25. The highest BCUT2D eigenvalue weighted by molar-refractivity contribution is 6.06. The Bertz CT molecular complexity index is 1260. The van der Waals surface area contributed by atoms with Gasteiger partial charge in [-0.15, -0.1) is 0 Å². The average Bonchev–Trinajstić information content (AvgIpc) is 2.92. The zero-order valence-electron chi connectivity index (χ0n) is 20.0. The molecule has 0 radical (unpaired) electrons. The summed E-state index contributed by atoms with van der Waals surface area (Å²) in [6.07, 6.45) is 1.70. The molecule has 1 aliphatic rings. The highest BCUT2D eigenvalue weighted by atomic mass is 16.5. The molecule has 0 spiro atoms. The van der Waals surface area contributed by atoms with E-state index in [2.05, 4.69) is 5.32 Å². The normalized spacial score (nSPS) is 15.3. The lowest BCUT2D eigenvalue weighted by molar-refractivity contribution is 0.0620. The van der Waals surface area contributed by atoms with Gasteiger partial charge < -0.3 is 15.3 Å². The number of hydrogen-bond acceptors (Lipinski definition) is 5. The number of nitrogens with zero attached hydrogens (tertiary/aromatic N) is 1. The SMILES string of the molecule is Cc1ccc(C(=O)Nc2cc(C(=O)N3CCCC(CO)C3)cc(-c3ccc(C(=O)NO)cc3)c2)cc1. The Labute approximate surface area is 209 Å². The fourth-order valence-electron chi connectivity index (χ4n) is 4.36. The lowest BCUT2D eigenvalue weighted by Crippen LogP contribution is -2.41. The van der Waals surface area contributed by atoms with Crippen molar-refractivity contribution in [2.75, 3.05) is 25.0 Å². The fraction of sp³-hybridized carbons (Fsp3) is 0.250. The number of anilines is 1. The molecule has 1 fully saturated rings. The molecule has 1 saturated heterocycles. The standard InChI is InChI=1S/C28H29N3O5/c1-18-4-6-21(7-5-18)26(33)29-25-14-23(20-8-10-22(11-9-20)27(34)30-36)13-24(15-25)28(35)31-12-2-3-19(16-31)17-32/h4-11,13-15,19,32,36H,2-3,12,16-17H2,1H3,(H,29,33)(H,30,34). The van der Waals surface area contributed by atoms with Crippen LogP contribution in [0.2, 0.25) is 0 Å². The van der Waals surface area contributed by atoms with Gasteiger partial charge in [0.25, 0.3) is 17.7 Å². The Hall–Kier alpha value is -4.01. The van der Waals surface area contributed by atoms with Crippen LogP contribution in [-0.4, -0.2) is 52.6 Å². The summed E-state index contributed by atoms with van der Waals surface area (Å²) in [5.74, 6) is -1.03. The Morgan fingerprint density at radius 3 is 2.22 bits per heavy atom. The second kappa shape index (κ2) is 11.2. The number of amides is 3. The van der Waals surface area contributed by atoms with Gasteiger partial charge in [0, 0.05) is 42.1 Å². The van der Waals surface area contributed by atoms with Gasteiger partial charge >= 0.3 is 0 Å². The molecule has 186 valence electrons. The minimum atomic E-state index is -0.625. The van der Waals surface area contributed by atoms with Gasteiger partial charge in [0.2, 0.25) is 0 Å². The minimum Gasteiger partial charge on any atom is -0.396 e. The van der Waals surface area contributed by atoms with Crippen molar-refractivity contribution in [1.82, 2.24) is 10.4 Å². The third kappa shape index (κ3) is 5.79. The maximum absolute atomic E-state index is 13.4. The van der Waals surface area contributed by atoms with E-state index in [4.69, 9.17) is 5.21 Å². The summed E-state index contributed by atoms with van der Waals surface area (Å²) in [5.41, 5.74) is 5.74. The first kappa shape index (κ1) is 25.1. The molecule has 3 aromatic rings. The van der Waals surface area contributed by atoms with E-state index >= 15 is 0 Å². The first-order chi connectivity index (χ1) is 17.4. The molecule has 1 heterocycles. The maximum atomic E-state index is 13.4. The van der Waals surface area contributed by atoms with Crippen LogP contribution in [0.4, 0.5) is 5.69 Å². The van der Waals surface area contributed by atoms with E-state index in [1.807, 2.05) is 19.1 Å². The lowest BCUT2D eigenvalue weighted by atomic mass is 9.97. The number of aliphatic hydroxyl groups excluding tert-OH is 1. The van der Waals surface area contributed by atoms with E-state index in [9.17, 15) is 19.5 Å². The van der Waals surface area contributed by atoms with Gasteiger partial charge in [-0.05, 0) is 79.3 Å². The van der Waals surface area contributed by atoms with Crippen molar-refractivity contribution in [3.8, 4) is 11.1 Å². The van der Waals surface area contributed by atoms with E-state index < -0.39 is 5.91 Å². The number of piperidine rings is 1. The van der Waals surface area contributed by atoms with E-state index in [0.717, 1.165) is 24.0 Å². The number of carbonyl (C=O) groups is 3. The fourth-order valence-corrected chi connectivity index (χ4v) is 4.36. The predicted octanol–water partition coefficient (Wildman–Crippen LogP) is 3.88. The molecule has 0 aliphatic carbocycles. The zero-order valence-corrected chi connectivity index (χ0v) is 20.0. The Morgan fingerprint density at radius 1 is 0.889 bits per heavy atom. The van der Waals surface area contributed by atoms with Crippen LogP contribution in [0.5, 0.6) is 0 Å². The summed E-state index contributed by atoms with van der Waals surface area (Å²) in [4.78, 5) is 39.7. The number of hydroxylamine groups is 1. The molecule has 1 aliphatic heterocycles. The molecular formula is C28H29N3O5. The molecular weight excluding hydrogens is 458 g/mol. The topological polar surface area (TPSA) is 119 Å². The van der Waals surface area contributed by atoms with Crippen molar-refractivity contribution in [1.29, 1.82) is 0 Å². The molecule has 1 unspecified atom stereocenters. The molecule has 4 N–H and O–H groups in total. The van der Waals surface area contributed by atoms with Crippen LogP contribution in [0.25, 0.3) is 11.1 Å². The smallest absolute Gasteiger partial charge is 0.274 e. The number of likely N-dealkylation sites (tertiary alicyclic amines) is 1. The third-order valence-corrected chi connectivity index (χ3v) is 6.40. The summed E-state index contributed by atoms with van der Waals surface area (Å²) < 4.78 is 0. The van der Waals surface area contributed by atoms with Crippen LogP contribution in [0, 0.1) is 12.8 Å². The molecule has 4 rings (SSSR count). The minimum absolute atomic E-state index is 0.0371. The number of aryl methyl sites for hydroxylation is 1. The van der Waals surface area contributed by atoms with E-state index in [1.165, 1.54) is 0 Å². The van der Waals surface area contributed by atoms with Crippen LogP contribution in [-0.2, 0) is 0 Å². The van der Waals surface area contributed by atoms with Gasteiger partial charge in [0.15, 0.2) is 0 Å². The largest absolute Gasteiger partial charge is 0.396 e. The summed E-state index contributed by atoms with van der Waals surface area (Å²) in [7, 11) is 0. The number of benzene rings is 3. The summed E-state index contributed by atoms with van der Waals surface area (Å²) in [6, 6.07) is 19.0. The number of hydrogen-bond donors (Lipinski definition) is 4. The second-order valence-electron chi connectivity index (χ2n) is 9.08. The monoisotopic (exact) mass is 487 g/mol. The Balaban J connectivity index is 1.68. The molecule has 3 aromatic carbocycles. The Kier molecular flexibility index (Phi) is 7.77. The van der Waals surface area contributed by atoms with Crippen molar-refractivity contribution in [3.05, 3.63) is 89.0 Å². The van der Waals surface area contributed by atoms with Crippen LogP contribution >= 0.6 is 0 Å². The Morgan fingerprint density at radius 2 is 1.56 bits per heavy atom. The molecule has 3 amide bonds. The molecule has 8 heteroatoms. The second-order valence-corrected chi connectivity index (χ2v) is 9.08. The van der Waals surface area contributed by atoms with Gasteiger partial charge in [0.05, 0.1) is 0 Å². The summed E-state index contributed by atoms with van der Waals surface area (Å²) in [5, 5.41) is 21.3. The maximum Gasteiger partial charge on any atom is 0.274 e. The first-order valence-electron chi connectivity index (χ1n) is 11.9.